The molecule has 1 amide bonds. The lowest BCUT2D eigenvalue weighted by atomic mass is 10.00. The first-order valence-corrected chi connectivity index (χ1v) is 6.94. The van der Waals surface area contributed by atoms with Gasteiger partial charge in [-0.15, -0.1) is 0 Å². The number of hydrogen-bond donors (Lipinski definition) is 0. The predicted octanol–water partition coefficient (Wildman–Crippen LogP) is 4.32. The number of rotatable bonds is 3. The molecule has 0 bridgehead atoms. The molecule has 1 aromatic carbocycles. The van der Waals surface area contributed by atoms with Gasteiger partial charge in [-0.2, -0.15) is 26.3 Å². The van der Waals surface area contributed by atoms with Crippen LogP contribution in [0.5, 0.6) is 0 Å². The Morgan fingerprint density at radius 2 is 1.60 bits per heavy atom. The molecule has 9 heteroatoms. The lowest BCUT2D eigenvalue weighted by molar-refractivity contribution is -0.143. The summed E-state index contributed by atoms with van der Waals surface area (Å²) >= 11 is 0. The predicted molar refractivity (Wildman–Crippen MR) is 77.8 cm³/mol. The standard InChI is InChI=1S/C16H12F6N2O/c1-24(12-4-6-23-7-5-12)14(25)8-10-2-3-11(15(17,18)19)9-13(10)16(20,21)22/h2-7,9H,8H2,1H3. The van der Waals surface area contributed by atoms with Crippen molar-refractivity contribution in [3.05, 3.63) is 59.4 Å². The molecule has 0 atom stereocenters. The van der Waals surface area contributed by atoms with E-state index in [1.807, 2.05) is 0 Å². The summed E-state index contributed by atoms with van der Waals surface area (Å²) in [4.78, 5) is 17.1. The second-order valence-corrected chi connectivity index (χ2v) is 5.20. The number of carbonyl (C=O) groups excluding carboxylic acids is 1. The van der Waals surface area contributed by atoms with Crippen LogP contribution in [-0.4, -0.2) is 17.9 Å². The Bertz CT molecular complexity index is 755. The number of benzene rings is 1. The third-order valence-corrected chi connectivity index (χ3v) is 3.51. The monoisotopic (exact) mass is 362 g/mol. The molecule has 3 nitrogen and oxygen atoms in total. The molecule has 2 aromatic rings. The van der Waals surface area contributed by atoms with Gasteiger partial charge < -0.3 is 4.90 Å². The van der Waals surface area contributed by atoms with E-state index >= 15 is 0 Å². The fourth-order valence-electron chi connectivity index (χ4n) is 2.16. The first-order valence-electron chi connectivity index (χ1n) is 6.94. The number of aromatic nitrogens is 1. The van der Waals surface area contributed by atoms with Crippen molar-refractivity contribution in [3.8, 4) is 0 Å². The summed E-state index contributed by atoms with van der Waals surface area (Å²) in [5, 5.41) is 0. The van der Waals surface area contributed by atoms with Crippen molar-refractivity contribution in [2.24, 2.45) is 0 Å². The van der Waals surface area contributed by atoms with Crippen molar-refractivity contribution in [3.63, 3.8) is 0 Å². The van der Waals surface area contributed by atoms with Gasteiger partial charge >= 0.3 is 12.4 Å². The number of pyridine rings is 1. The van der Waals surface area contributed by atoms with Gasteiger partial charge in [0.1, 0.15) is 0 Å². The molecule has 0 fully saturated rings. The van der Waals surface area contributed by atoms with Crippen LogP contribution in [0.2, 0.25) is 0 Å². The lowest BCUT2D eigenvalue weighted by Gasteiger charge is -2.19. The van der Waals surface area contributed by atoms with Gasteiger partial charge in [0.05, 0.1) is 17.5 Å². The first kappa shape index (κ1) is 18.8. The van der Waals surface area contributed by atoms with Gasteiger partial charge in [0, 0.05) is 25.1 Å². The van der Waals surface area contributed by atoms with Gasteiger partial charge in [-0.1, -0.05) is 6.07 Å². The zero-order chi connectivity index (χ0) is 18.8. The lowest BCUT2D eigenvalue weighted by Crippen LogP contribution is -2.28. The van der Waals surface area contributed by atoms with Crippen molar-refractivity contribution in [1.82, 2.24) is 4.98 Å². The normalized spacial score (nSPS) is 12.1. The Hall–Kier alpha value is -2.58. The molecule has 0 aliphatic heterocycles. The van der Waals surface area contributed by atoms with E-state index < -0.39 is 41.4 Å². The van der Waals surface area contributed by atoms with Crippen LogP contribution in [0.4, 0.5) is 32.0 Å². The summed E-state index contributed by atoms with van der Waals surface area (Å²) < 4.78 is 77.2. The van der Waals surface area contributed by atoms with E-state index in [1.54, 1.807) is 0 Å². The molecule has 0 N–H and O–H groups in total. The Balaban J connectivity index is 2.34. The first-order chi connectivity index (χ1) is 11.5. The molecule has 2 rings (SSSR count). The molecule has 0 saturated carbocycles. The number of amides is 1. The summed E-state index contributed by atoms with van der Waals surface area (Å²) in [7, 11) is 1.36. The van der Waals surface area contributed by atoms with Crippen molar-refractivity contribution in [2.45, 2.75) is 18.8 Å². The number of carbonyl (C=O) groups is 1. The zero-order valence-electron chi connectivity index (χ0n) is 12.8. The largest absolute Gasteiger partial charge is 0.416 e. The van der Waals surface area contributed by atoms with Crippen LogP contribution in [-0.2, 0) is 23.6 Å². The topological polar surface area (TPSA) is 33.2 Å². The average Bonchev–Trinajstić information content (AvgIpc) is 2.53. The maximum atomic E-state index is 13.1. The van der Waals surface area contributed by atoms with Gasteiger partial charge in [0.15, 0.2) is 0 Å². The fraction of sp³-hybridized carbons (Fsp3) is 0.250. The van der Waals surface area contributed by atoms with Gasteiger partial charge in [-0.3, -0.25) is 9.78 Å². The summed E-state index contributed by atoms with van der Waals surface area (Å²) in [6.45, 7) is 0. The highest BCUT2D eigenvalue weighted by Gasteiger charge is 2.38. The van der Waals surface area contributed by atoms with Crippen LogP contribution in [0.1, 0.15) is 16.7 Å². The van der Waals surface area contributed by atoms with Crippen molar-refractivity contribution in [2.75, 3.05) is 11.9 Å². The van der Waals surface area contributed by atoms with E-state index in [9.17, 15) is 31.1 Å². The van der Waals surface area contributed by atoms with Crippen LogP contribution in [0.25, 0.3) is 0 Å². The summed E-state index contributed by atoms with van der Waals surface area (Å²) in [5.41, 5.74) is -3.01. The maximum Gasteiger partial charge on any atom is 0.416 e. The number of nitrogens with zero attached hydrogens (tertiary/aromatic N) is 2. The van der Waals surface area contributed by atoms with Gasteiger partial charge in [-0.05, 0) is 29.8 Å². The minimum Gasteiger partial charge on any atom is -0.315 e. The van der Waals surface area contributed by atoms with Crippen molar-refractivity contribution < 1.29 is 31.1 Å². The molecule has 0 aliphatic rings. The van der Waals surface area contributed by atoms with E-state index in [0.717, 1.165) is 4.90 Å². The highest BCUT2D eigenvalue weighted by Crippen LogP contribution is 2.37. The third kappa shape index (κ3) is 4.49. The molecular weight excluding hydrogens is 350 g/mol. The Kier molecular flexibility index (Phi) is 5.05. The maximum absolute atomic E-state index is 13.1. The summed E-state index contributed by atoms with van der Waals surface area (Å²) in [6, 6.07) is 4.20. The van der Waals surface area contributed by atoms with Crippen LogP contribution < -0.4 is 4.90 Å². The highest BCUT2D eigenvalue weighted by molar-refractivity contribution is 5.94. The molecule has 0 spiro atoms. The average molecular weight is 362 g/mol. The number of anilines is 1. The Morgan fingerprint density at radius 3 is 2.12 bits per heavy atom. The van der Waals surface area contributed by atoms with Crippen LogP contribution in [0.3, 0.4) is 0 Å². The fourth-order valence-corrected chi connectivity index (χ4v) is 2.16. The number of halogens is 6. The van der Waals surface area contributed by atoms with Gasteiger partial charge in [0.2, 0.25) is 5.91 Å². The highest BCUT2D eigenvalue weighted by atomic mass is 19.4. The smallest absolute Gasteiger partial charge is 0.315 e. The van der Waals surface area contributed by atoms with Crippen LogP contribution in [0.15, 0.2) is 42.7 Å². The SMILES string of the molecule is CN(C(=O)Cc1ccc(C(F)(F)F)cc1C(F)(F)F)c1ccncc1. The van der Waals surface area contributed by atoms with Crippen molar-refractivity contribution in [1.29, 1.82) is 0 Å². The quantitative estimate of drug-likeness (QED) is 0.762. The van der Waals surface area contributed by atoms with E-state index in [4.69, 9.17) is 0 Å². The molecule has 0 aliphatic carbocycles. The van der Waals surface area contributed by atoms with Gasteiger partial charge in [0.25, 0.3) is 0 Å². The third-order valence-electron chi connectivity index (χ3n) is 3.51. The Morgan fingerprint density at radius 1 is 1.00 bits per heavy atom. The molecule has 25 heavy (non-hydrogen) atoms. The molecule has 1 aromatic heterocycles. The second kappa shape index (κ2) is 6.73. The molecular formula is C16H12F6N2O. The van der Waals surface area contributed by atoms with E-state index in [-0.39, 0.29) is 6.07 Å². The van der Waals surface area contributed by atoms with Crippen LogP contribution >= 0.6 is 0 Å². The Labute approximate surface area is 138 Å². The van der Waals surface area contributed by atoms with Crippen LogP contribution in [0, 0.1) is 0 Å². The number of hydrogen-bond acceptors (Lipinski definition) is 2. The summed E-state index contributed by atoms with van der Waals surface area (Å²) in [6.07, 6.45) is -7.80. The zero-order valence-corrected chi connectivity index (χ0v) is 12.8. The molecule has 0 radical (unpaired) electrons. The van der Waals surface area contributed by atoms with E-state index in [1.165, 1.54) is 31.6 Å². The minimum atomic E-state index is -5.01. The molecule has 0 unspecified atom stereocenters. The second-order valence-electron chi connectivity index (χ2n) is 5.20. The molecule has 0 saturated heterocycles. The molecule has 1 heterocycles. The summed E-state index contributed by atoms with van der Waals surface area (Å²) in [5.74, 6) is -0.698. The van der Waals surface area contributed by atoms with Crippen molar-refractivity contribution >= 4 is 11.6 Å². The molecule has 134 valence electrons. The van der Waals surface area contributed by atoms with E-state index in [2.05, 4.69) is 4.98 Å². The van der Waals surface area contributed by atoms with Gasteiger partial charge in [-0.25, -0.2) is 0 Å². The number of alkyl halides is 6. The minimum absolute atomic E-state index is 0.0229. The van der Waals surface area contributed by atoms with E-state index in [0.29, 0.717) is 17.8 Å². The number of likely N-dealkylation sites (N-methyl/N-ethyl adjacent to an activating group) is 1.